The van der Waals surface area contributed by atoms with Crippen LogP contribution in [0.25, 0.3) is 43.1 Å². The van der Waals surface area contributed by atoms with E-state index in [9.17, 15) is 19.2 Å². The molecule has 9 heteroatoms. The molecule has 298 valence electrons. The van der Waals surface area contributed by atoms with Crippen LogP contribution in [0.15, 0.2) is 103 Å². The lowest BCUT2D eigenvalue weighted by molar-refractivity contribution is -0.170. The molecule has 57 heavy (non-hydrogen) atoms. The molecule has 0 aliphatic carbocycles. The summed E-state index contributed by atoms with van der Waals surface area (Å²) in [5.74, 6) is -2.39. The molecule has 0 aliphatic rings. The van der Waals surface area contributed by atoms with Gasteiger partial charge in [0.1, 0.15) is 11.2 Å². The van der Waals surface area contributed by atoms with Crippen LogP contribution in [-0.2, 0) is 49.3 Å². The highest BCUT2D eigenvalue weighted by Crippen LogP contribution is 2.36. The molecule has 0 fully saturated rings. The van der Waals surface area contributed by atoms with Crippen molar-refractivity contribution < 1.29 is 38.1 Å². The lowest BCUT2D eigenvalue weighted by Gasteiger charge is -2.26. The second-order valence-corrected chi connectivity index (χ2v) is 15.8. The van der Waals surface area contributed by atoms with Crippen LogP contribution in [0.1, 0.15) is 79.4 Å². The van der Waals surface area contributed by atoms with Crippen LogP contribution in [0.3, 0.4) is 0 Å². The second kappa shape index (κ2) is 18.2. The molecule has 0 aromatic heterocycles. The van der Waals surface area contributed by atoms with Crippen LogP contribution in [0.5, 0.6) is 0 Å². The molecule has 0 saturated heterocycles. The third kappa shape index (κ3) is 10.5. The molecule has 0 bridgehead atoms. The number of rotatable bonds is 12. The molecule has 0 spiro atoms. The first-order chi connectivity index (χ1) is 27.0. The van der Waals surface area contributed by atoms with Gasteiger partial charge in [0.25, 0.3) is 0 Å². The molecule has 6 aromatic carbocycles. The van der Waals surface area contributed by atoms with E-state index in [1.807, 2.05) is 100 Å². The molecule has 2 unspecified atom stereocenters. The zero-order valence-electron chi connectivity index (χ0n) is 33.9. The molecule has 0 saturated carbocycles. The summed E-state index contributed by atoms with van der Waals surface area (Å²) in [5, 5.41) is 9.21. The highest BCUT2D eigenvalue weighted by molar-refractivity contribution is 6.40. The summed E-state index contributed by atoms with van der Waals surface area (Å²) in [7, 11) is 0. The first-order valence-electron chi connectivity index (χ1n) is 19.3. The van der Waals surface area contributed by atoms with E-state index < -0.39 is 35.7 Å². The van der Waals surface area contributed by atoms with Gasteiger partial charge in [-0.15, -0.1) is 0 Å². The number of esters is 4. The van der Waals surface area contributed by atoms with E-state index in [1.54, 1.807) is 27.7 Å². The molecular formula is C48H51ClO8. The third-order valence-electron chi connectivity index (χ3n) is 10.3. The van der Waals surface area contributed by atoms with Gasteiger partial charge in [0.2, 0.25) is 0 Å². The molecule has 2 atom stereocenters. The maximum Gasteiger partial charge on any atom is 0.345 e. The molecule has 0 N–H and O–H groups in total. The van der Waals surface area contributed by atoms with Crippen molar-refractivity contribution in [2.75, 3.05) is 13.2 Å². The minimum atomic E-state index is -0.900. The Balaban J connectivity index is 0.000000218. The van der Waals surface area contributed by atoms with Gasteiger partial charge < -0.3 is 18.9 Å². The van der Waals surface area contributed by atoms with E-state index in [1.165, 1.54) is 10.8 Å². The number of benzene rings is 6. The fraction of sp³-hybridized carbons (Fsp3) is 0.333. The van der Waals surface area contributed by atoms with Gasteiger partial charge in [-0.05, 0) is 114 Å². The minimum Gasteiger partial charge on any atom is -0.453 e. The van der Waals surface area contributed by atoms with Crippen molar-refractivity contribution in [3.63, 3.8) is 0 Å². The fourth-order valence-corrected chi connectivity index (χ4v) is 6.66. The number of halogens is 1. The van der Waals surface area contributed by atoms with Crippen LogP contribution in [0.4, 0.5) is 0 Å². The number of carbonyl (C=O) groups is 4. The van der Waals surface area contributed by atoms with Crippen molar-refractivity contribution in [3.8, 4) is 0 Å². The van der Waals surface area contributed by atoms with Crippen molar-refractivity contribution in [3.05, 3.63) is 119 Å². The SMILES string of the molecule is CCC(C)C(=O)OCC(=O)OC(C)(C)c1ccc2cc3ccccc3c(Cl)c2c1.CCC(C)C(=O)OCC(=O)OC(C)(C)c1ccc2cc3ccccc3cc2c1. The Kier molecular flexibility index (Phi) is 13.6. The van der Waals surface area contributed by atoms with Gasteiger partial charge in [-0.2, -0.15) is 0 Å². The van der Waals surface area contributed by atoms with E-state index >= 15 is 0 Å². The number of hydrogen-bond acceptors (Lipinski definition) is 8. The Bertz CT molecular complexity index is 2430. The van der Waals surface area contributed by atoms with Gasteiger partial charge in [0, 0.05) is 10.8 Å². The average Bonchev–Trinajstić information content (AvgIpc) is 3.20. The normalized spacial score (nSPS) is 12.7. The summed E-state index contributed by atoms with van der Waals surface area (Å²) < 4.78 is 21.3. The van der Waals surface area contributed by atoms with Crippen molar-refractivity contribution >= 4 is 78.6 Å². The lowest BCUT2D eigenvalue weighted by atomic mass is 9.94. The molecular weight excluding hydrogens is 740 g/mol. The summed E-state index contributed by atoms with van der Waals surface area (Å²) in [6, 6.07) is 34.4. The Hall–Kier alpha value is -5.47. The quantitative estimate of drug-likeness (QED) is 0.0685. The van der Waals surface area contributed by atoms with Crippen molar-refractivity contribution in [1.82, 2.24) is 0 Å². The molecule has 6 rings (SSSR count). The molecule has 6 aromatic rings. The van der Waals surface area contributed by atoms with Crippen LogP contribution < -0.4 is 0 Å². The number of fused-ring (bicyclic) bond motifs is 4. The first kappa shape index (κ1) is 42.7. The van der Waals surface area contributed by atoms with Gasteiger partial charge in [-0.3, -0.25) is 9.59 Å². The molecule has 8 nitrogen and oxygen atoms in total. The van der Waals surface area contributed by atoms with E-state index in [-0.39, 0.29) is 24.4 Å². The van der Waals surface area contributed by atoms with Crippen molar-refractivity contribution in [2.24, 2.45) is 11.8 Å². The smallest absolute Gasteiger partial charge is 0.345 e. The van der Waals surface area contributed by atoms with E-state index in [2.05, 4.69) is 30.3 Å². The van der Waals surface area contributed by atoms with Gasteiger partial charge in [0.05, 0.1) is 16.9 Å². The summed E-state index contributed by atoms with van der Waals surface area (Å²) >= 11 is 6.66. The van der Waals surface area contributed by atoms with Crippen molar-refractivity contribution in [2.45, 2.75) is 79.4 Å². The minimum absolute atomic E-state index is 0.226. The Morgan fingerprint density at radius 2 is 0.930 bits per heavy atom. The van der Waals surface area contributed by atoms with E-state index in [0.29, 0.717) is 17.9 Å². The standard InChI is InChI=1S/C24H25ClO4.C24H26O4/c1-5-15(2)23(27)28-14-21(26)29-24(3,4)18-11-10-17-12-16-8-6-7-9-19(16)22(25)20(17)13-18;1-5-16(2)23(26)27-15-22(25)28-24(3,4)21-11-10-19-12-17-8-6-7-9-18(17)13-20(19)14-21/h6-13,15H,5,14H2,1-4H3;6-14,16H,5,15H2,1-4H3. The predicted molar refractivity (Wildman–Crippen MR) is 227 cm³/mol. The van der Waals surface area contributed by atoms with Gasteiger partial charge in [-0.1, -0.05) is 112 Å². The van der Waals surface area contributed by atoms with Crippen LogP contribution in [0, 0.1) is 11.8 Å². The number of ether oxygens (including phenoxy) is 4. The summed E-state index contributed by atoms with van der Waals surface area (Å²) in [6.45, 7) is 13.8. The zero-order chi connectivity index (χ0) is 41.5. The van der Waals surface area contributed by atoms with Crippen LogP contribution >= 0.6 is 11.6 Å². The molecule has 0 amide bonds. The Morgan fingerprint density at radius 1 is 0.526 bits per heavy atom. The van der Waals surface area contributed by atoms with Gasteiger partial charge >= 0.3 is 23.9 Å². The zero-order valence-corrected chi connectivity index (χ0v) is 34.7. The number of carbonyl (C=O) groups excluding carboxylic acids is 4. The van der Waals surface area contributed by atoms with Crippen LogP contribution in [-0.4, -0.2) is 37.1 Å². The van der Waals surface area contributed by atoms with Crippen LogP contribution in [0.2, 0.25) is 5.02 Å². The molecule has 0 aliphatic heterocycles. The molecule has 0 heterocycles. The summed E-state index contributed by atoms with van der Waals surface area (Å²) in [6.07, 6.45) is 1.33. The van der Waals surface area contributed by atoms with E-state index in [0.717, 1.165) is 43.4 Å². The van der Waals surface area contributed by atoms with E-state index in [4.69, 9.17) is 30.5 Å². The maximum absolute atomic E-state index is 12.2. The summed E-state index contributed by atoms with van der Waals surface area (Å²) in [5.41, 5.74) is -0.0383. The Morgan fingerprint density at radius 3 is 1.46 bits per heavy atom. The first-order valence-corrected chi connectivity index (χ1v) is 19.7. The number of hydrogen-bond donors (Lipinski definition) is 0. The fourth-order valence-electron chi connectivity index (χ4n) is 6.32. The second-order valence-electron chi connectivity index (χ2n) is 15.4. The predicted octanol–water partition coefficient (Wildman–Crippen LogP) is 11.4. The Labute approximate surface area is 339 Å². The summed E-state index contributed by atoms with van der Waals surface area (Å²) in [4.78, 5) is 47.9. The van der Waals surface area contributed by atoms with Gasteiger partial charge in [0.15, 0.2) is 13.2 Å². The lowest BCUT2D eigenvalue weighted by Crippen LogP contribution is -2.29. The maximum atomic E-state index is 12.2. The average molecular weight is 791 g/mol. The highest BCUT2D eigenvalue weighted by atomic mass is 35.5. The van der Waals surface area contributed by atoms with Gasteiger partial charge in [-0.25, -0.2) is 9.59 Å². The third-order valence-corrected chi connectivity index (χ3v) is 10.7. The molecule has 0 radical (unpaired) electrons. The topological polar surface area (TPSA) is 105 Å². The highest BCUT2D eigenvalue weighted by Gasteiger charge is 2.28. The monoisotopic (exact) mass is 790 g/mol. The largest absolute Gasteiger partial charge is 0.453 e. The van der Waals surface area contributed by atoms with Crippen molar-refractivity contribution in [1.29, 1.82) is 0 Å².